The molecular formula is C17H24FN3O2. The van der Waals surface area contributed by atoms with Gasteiger partial charge < -0.3 is 15.5 Å². The summed E-state index contributed by atoms with van der Waals surface area (Å²) in [6.07, 6.45) is 3.74. The monoisotopic (exact) mass is 321 g/mol. The Hall–Kier alpha value is -2.11. The highest BCUT2D eigenvalue weighted by atomic mass is 19.1. The number of halogens is 1. The number of hydrogen-bond acceptors (Lipinski definition) is 2. The van der Waals surface area contributed by atoms with E-state index in [1.807, 2.05) is 4.90 Å². The fraction of sp³-hybridized carbons (Fsp3) is 0.529. The number of likely N-dealkylation sites (tertiary alicyclic amines) is 1. The van der Waals surface area contributed by atoms with Crippen molar-refractivity contribution in [2.45, 2.75) is 45.2 Å². The lowest BCUT2D eigenvalue weighted by atomic mass is 10.00. The molecule has 0 spiro atoms. The summed E-state index contributed by atoms with van der Waals surface area (Å²) in [5, 5.41) is 5.57. The lowest BCUT2D eigenvalue weighted by Crippen LogP contribution is -2.49. The molecule has 1 atom stereocenters. The highest BCUT2D eigenvalue weighted by Gasteiger charge is 2.26. The lowest BCUT2D eigenvalue weighted by Gasteiger charge is -2.35. The van der Waals surface area contributed by atoms with Crippen molar-refractivity contribution in [3.63, 3.8) is 0 Å². The second-order valence-electron chi connectivity index (χ2n) is 5.86. The molecule has 23 heavy (non-hydrogen) atoms. The average molecular weight is 321 g/mol. The van der Waals surface area contributed by atoms with Gasteiger partial charge in [0.25, 0.3) is 0 Å². The van der Waals surface area contributed by atoms with E-state index in [4.69, 9.17) is 0 Å². The number of nitrogens with one attached hydrogen (secondary N) is 2. The Kier molecular flexibility index (Phi) is 6.38. The molecular weight excluding hydrogens is 297 g/mol. The number of hydrogen-bond donors (Lipinski definition) is 2. The standard InChI is InChI=1S/C17H24FN3O2/c1-13(22)19-10-9-15-7-4-5-11-21(15)17(23)20-12-14-6-2-3-8-16(14)18/h2-3,6,8,15H,4-5,7,9-12H2,1H3,(H,19,22)(H,20,23). The quantitative estimate of drug-likeness (QED) is 0.875. The maximum absolute atomic E-state index is 13.6. The van der Waals surface area contributed by atoms with E-state index in [-0.39, 0.29) is 30.3 Å². The Bertz CT molecular complexity index is 550. The number of urea groups is 1. The molecule has 6 heteroatoms. The Labute approximate surface area is 136 Å². The van der Waals surface area contributed by atoms with Gasteiger partial charge in [0.15, 0.2) is 0 Å². The highest BCUT2D eigenvalue weighted by Crippen LogP contribution is 2.19. The number of carbonyl (C=O) groups is 2. The molecule has 3 amide bonds. The zero-order chi connectivity index (χ0) is 16.7. The third-order valence-corrected chi connectivity index (χ3v) is 4.13. The van der Waals surface area contributed by atoms with Crippen molar-refractivity contribution in [1.29, 1.82) is 0 Å². The molecule has 5 nitrogen and oxygen atoms in total. The second-order valence-corrected chi connectivity index (χ2v) is 5.86. The van der Waals surface area contributed by atoms with E-state index in [0.29, 0.717) is 18.7 Å². The van der Waals surface area contributed by atoms with E-state index >= 15 is 0 Å². The van der Waals surface area contributed by atoms with E-state index in [0.717, 1.165) is 25.7 Å². The van der Waals surface area contributed by atoms with Gasteiger partial charge in [-0.3, -0.25) is 4.79 Å². The van der Waals surface area contributed by atoms with Gasteiger partial charge >= 0.3 is 6.03 Å². The van der Waals surface area contributed by atoms with Gasteiger partial charge in [0, 0.05) is 38.2 Å². The number of nitrogens with zero attached hydrogens (tertiary/aromatic N) is 1. The molecule has 0 saturated carbocycles. The summed E-state index contributed by atoms with van der Waals surface area (Å²) in [5.41, 5.74) is 0.479. The van der Waals surface area contributed by atoms with Crippen LogP contribution in [-0.4, -0.2) is 36.0 Å². The smallest absolute Gasteiger partial charge is 0.317 e. The van der Waals surface area contributed by atoms with E-state index < -0.39 is 0 Å². The molecule has 1 fully saturated rings. The van der Waals surface area contributed by atoms with Crippen LogP contribution in [0.1, 0.15) is 38.2 Å². The first-order chi connectivity index (χ1) is 11.1. The highest BCUT2D eigenvalue weighted by molar-refractivity contribution is 5.74. The minimum absolute atomic E-state index is 0.0589. The fourth-order valence-electron chi connectivity index (χ4n) is 2.90. The third-order valence-electron chi connectivity index (χ3n) is 4.13. The molecule has 1 heterocycles. The summed E-state index contributed by atoms with van der Waals surface area (Å²) >= 11 is 0. The predicted molar refractivity (Wildman–Crippen MR) is 86.3 cm³/mol. The van der Waals surface area contributed by atoms with Crippen molar-refractivity contribution in [2.24, 2.45) is 0 Å². The molecule has 2 rings (SSSR count). The predicted octanol–water partition coefficient (Wildman–Crippen LogP) is 2.42. The molecule has 1 aliphatic rings. The molecule has 1 aliphatic heterocycles. The summed E-state index contributed by atoms with van der Waals surface area (Å²) in [6, 6.07) is 6.39. The van der Waals surface area contributed by atoms with Gasteiger partial charge in [-0.1, -0.05) is 18.2 Å². The molecule has 1 aromatic rings. The summed E-state index contributed by atoms with van der Waals surface area (Å²) in [5.74, 6) is -0.370. The molecule has 2 N–H and O–H groups in total. The van der Waals surface area contributed by atoms with Crippen LogP contribution in [0.15, 0.2) is 24.3 Å². The van der Waals surface area contributed by atoms with Gasteiger partial charge in [-0.05, 0) is 31.7 Å². The number of piperidine rings is 1. The van der Waals surface area contributed by atoms with Gasteiger partial charge in [-0.15, -0.1) is 0 Å². The third kappa shape index (κ3) is 5.23. The lowest BCUT2D eigenvalue weighted by molar-refractivity contribution is -0.119. The molecule has 0 bridgehead atoms. The zero-order valence-corrected chi connectivity index (χ0v) is 13.5. The Morgan fingerprint density at radius 2 is 2.04 bits per heavy atom. The molecule has 1 aromatic carbocycles. The van der Waals surface area contributed by atoms with Crippen molar-refractivity contribution < 1.29 is 14.0 Å². The molecule has 0 radical (unpaired) electrons. The maximum Gasteiger partial charge on any atom is 0.317 e. The molecule has 1 saturated heterocycles. The van der Waals surface area contributed by atoms with E-state index in [1.165, 1.54) is 13.0 Å². The van der Waals surface area contributed by atoms with E-state index in [9.17, 15) is 14.0 Å². The van der Waals surface area contributed by atoms with Crippen LogP contribution in [0, 0.1) is 5.82 Å². The normalized spacial score (nSPS) is 17.7. The Balaban J connectivity index is 1.87. The average Bonchev–Trinajstić information content (AvgIpc) is 2.54. The van der Waals surface area contributed by atoms with Crippen molar-refractivity contribution in [3.05, 3.63) is 35.6 Å². The number of rotatable bonds is 5. The number of benzene rings is 1. The van der Waals surface area contributed by atoms with Crippen LogP contribution in [-0.2, 0) is 11.3 Å². The van der Waals surface area contributed by atoms with Crippen LogP contribution < -0.4 is 10.6 Å². The Morgan fingerprint density at radius 3 is 2.78 bits per heavy atom. The van der Waals surface area contributed by atoms with Crippen LogP contribution in [0.2, 0.25) is 0 Å². The van der Waals surface area contributed by atoms with Gasteiger partial charge in [0.1, 0.15) is 5.82 Å². The summed E-state index contributed by atoms with van der Waals surface area (Å²) < 4.78 is 13.6. The van der Waals surface area contributed by atoms with Gasteiger partial charge in [0.05, 0.1) is 0 Å². The summed E-state index contributed by atoms with van der Waals surface area (Å²) in [6.45, 7) is 2.94. The van der Waals surface area contributed by atoms with Crippen LogP contribution in [0.25, 0.3) is 0 Å². The number of amides is 3. The van der Waals surface area contributed by atoms with Gasteiger partial charge in [-0.25, -0.2) is 9.18 Å². The second kappa shape index (κ2) is 8.50. The fourth-order valence-corrected chi connectivity index (χ4v) is 2.90. The molecule has 0 aromatic heterocycles. The van der Waals surface area contributed by atoms with Crippen molar-refractivity contribution in [3.8, 4) is 0 Å². The van der Waals surface area contributed by atoms with E-state index in [2.05, 4.69) is 10.6 Å². The minimum atomic E-state index is -0.311. The first kappa shape index (κ1) is 17.2. The van der Waals surface area contributed by atoms with Crippen LogP contribution in [0.3, 0.4) is 0 Å². The first-order valence-electron chi connectivity index (χ1n) is 8.10. The Morgan fingerprint density at radius 1 is 1.26 bits per heavy atom. The SMILES string of the molecule is CC(=O)NCCC1CCCCN1C(=O)NCc1ccccc1F. The number of carbonyl (C=O) groups excluding carboxylic acids is 2. The van der Waals surface area contributed by atoms with Crippen molar-refractivity contribution >= 4 is 11.9 Å². The van der Waals surface area contributed by atoms with Gasteiger partial charge in [0.2, 0.25) is 5.91 Å². The first-order valence-corrected chi connectivity index (χ1v) is 8.10. The summed E-state index contributed by atoms with van der Waals surface area (Å²) in [4.78, 5) is 25.2. The van der Waals surface area contributed by atoms with Gasteiger partial charge in [-0.2, -0.15) is 0 Å². The van der Waals surface area contributed by atoms with Crippen LogP contribution in [0.4, 0.5) is 9.18 Å². The topological polar surface area (TPSA) is 61.4 Å². The minimum Gasteiger partial charge on any atom is -0.356 e. The largest absolute Gasteiger partial charge is 0.356 e. The maximum atomic E-state index is 13.6. The van der Waals surface area contributed by atoms with Crippen LogP contribution >= 0.6 is 0 Å². The molecule has 0 aliphatic carbocycles. The van der Waals surface area contributed by atoms with Crippen molar-refractivity contribution in [2.75, 3.05) is 13.1 Å². The van der Waals surface area contributed by atoms with E-state index in [1.54, 1.807) is 18.2 Å². The molecule has 126 valence electrons. The van der Waals surface area contributed by atoms with Crippen LogP contribution in [0.5, 0.6) is 0 Å². The zero-order valence-electron chi connectivity index (χ0n) is 13.5. The summed E-state index contributed by atoms with van der Waals surface area (Å²) in [7, 11) is 0. The molecule has 1 unspecified atom stereocenters. The van der Waals surface area contributed by atoms with Crippen molar-refractivity contribution in [1.82, 2.24) is 15.5 Å².